The average Bonchev–Trinajstić information content (AvgIpc) is 3.01. The van der Waals surface area contributed by atoms with Gasteiger partial charge in [-0.25, -0.2) is 19.1 Å². The zero-order valence-corrected chi connectivity index (χ0v) is 15.9. The molecule has 0 bridgehead atoms. The molecule has 0 radical (unpaired) electrons. The first kappa shape index (κ1) is 20.8. The van der Waals surface area contributed by atoms with Crippen molar-refractivity contribution in [3.63, 3.8) is 0 Å². The number of nitrogens with zero attached hydrogens (tertiary/aromatic N) is 3. The molecule has 0 saturated carbocycles. The van der Waals surface area contributed by atoms with Crippen LogP contribution in [-0.2, 0) is 15.7 Å². The number of carbonyl (C=O) groups excluding carboxylic acids is 2. The number of aryl methyl sites for hydroxylation is 1. The molecule has 1 aromatic heterocycles. The number of likely N-dealkylation sites (N-methyl/N-ethyl adjacent to an activating group) is 1. The molecular weight excluding hydrogens is 418 g/mol. The molecule has 11 heteroatoms. The summed E-state index contributed by atoms with van der Waals surface area (Å²) in [6.07, 6.45) is -5.70. The molecule has 1 aliphatic heterocycles. The lowest BCUT2D eigenvalue weighted by Crippen LogP contribution is -2.47. The van der Waals surface area contributed by atoms with E-state index in [4.69, 9.17) is 16.3 Å². The zero-order valence-electron chi connectivity index (χ0n) is 15.1. The van der Waals surface area contributed by atoms with Crippen molar-refractivity contribution in [3.05, 3.63) is 52.4 Å². The van der Waals surface area contributed by atoms with E-state index >= 15 is 0 Å². The number of carbonyl (C=O) groups is 2. The van der Waals surface area contributed by atoms with Gasteiger partial charge in [0.1, 0.15) is 18.2 Å². The molecule has 0 N–H and O–H groups in total. The van der Waals surface area contributed by atoms with E-state index in [9.17, 15) is 27.2 Å². The number of pyridine rings is 1. The lowest BCUT2D eigenvalue weighted by molar-refractivity contribution is -0.137. The lowest BCUT2D eigenvalue weighted by Gasteiger charge is -2.26. The first-order valence-corrected chi connectivity index (χ1v) is 8.61. The molecule has 1 atom stereocenters. The summed E-state index contributed by atoms with van der Waals surface area (Å²) in [7, 11) is 1.26. The highest BCUT2D eigenvalue weighted by molar-refractivity contribution is 6.30. The van der Waals surface area contributed by atoms with Crippen molar-refractivity contribution in [2.45, 2.75) is 19.1 Å². The largest absolute Gasteiger partial charge is 0.446 e. The fourth-order valence-corrected chi connectivity index (χ4v) is 3.05. The van der Waals surface area contributed by atoms with Gasteiger partial charge in [0.05, 0.1) is 11.3 Å². The van der Waals surface area contributed by atoms with Crippen LogP contribution in [0.5, 0.6) is 0 Å². The van der Waals surface area contributed by atoms with Gasteiger partial charge in [-0.1, -0.05) is 11.6 Å². The smallest absolute Gasteiger partial charge is 0.416 e. The average molecular weight is 432 g/mol. The summed E-state index contributed by atoms with van der Waals surface area (Å²) in [5, 5.41) is 0.122. The van der Waals surface area contributed by atoms with Gasteiger partial charge >= 0.3 is 12.3 Å². The van der Waals surface area contributed by atoms with Crippen molar-refractivity contribution < 1.29 is 31.9 Å². The summed E-state index contributed by atoms with van der Waals surface area (Å²) in [5.74, 6) is -1.93. The Morgan fingerprint density at radius 2 is 2.00 bits per heavy atom. The second-order valence-electron chi connectivity index (χ2n) is 6.31. The summed E-state index contributed by atoms with van der Waals surface area (Å²) in [6, 6.07) is 3.80. The minimum atomic E-state index is -4.67. The van der Waals surface area contributed by atoms with E-state index in [2.05, 4.69) is 4.98 Å². The lowest BCUT2D eigenvalue weighted by atomic mass is 10.2. The molecular formula is C18H14ClF4N3O3. The van der Waals surface area contributed by atoms with Gasteiger partial charge in [0.2, 0.25) is 0 Å². The molecule has 2 heterocycles. The van der Waals surface area contributed by atoms with Crippen LogP contribution < -0.4 is 9.80 Å². The molecule has 0 spiro atoms. The van der Waals surface area contributed by atoms with Crippen LogP contribution in [0.15, 0.2) is 30.3 Å². The quantitative estimate of drug-likeness (QED) is 0.684. The maximum atomic E-state index is 14.2. The van der Waals surface area contributed by atoms with Gasteiger partial charge in [-0.15, -0.1) is 0 Å². The van der Waals surface area contributed by atoms with Gasteiger partial charge in [0, 0.05) is 17.8 Å². The SMILES string of the molecule is Cc1cc(C(F)(F)F)cc(N2C(=O)OC[C@H]2C(=O)N(C)c2ccc(Cl)cc2F)n1. The topological polar surface area (TPSA) is 62.7 Å². The Bertz CT molecular complexity index is 983. The van der Waals surface area contributed by atoms with Gasteiger partial charge in [0.25, 0.3) is 5.91 Å². The summed E-state index contributed by atoms with van der Waals surface area (Å²) < 4.78 is 58.4. The van der Waals surface area contributed by atoms with Crippen LogP contribution in [-0.4, -0.2) is 36.7 Å². The molecule has 1 fully saturated rings. The fourth-order valence-electron chi connectivity index (χ4n) is 2.89. The maximum Gasteiger partial charge on any atom is 0.416 e. The van der Waals surface area contributed by atoms with Gasteiger partial charge in [-0.2, -0.15) is 13.2 Å². The Kier molecular flexibility index (Phi) is 5.40. The van der Waals surface area contributed by atoms with E-state index in [-0.39, 0.29) is 22.2 Å². The first-order valence-electron chi connectivity index (χ1n) is 8.23. The standard InChI is InChI=1S/C18H14ClF4N3O3/c1-9-5-10(18(21,22)23)6-15(24-9)26-14(8-29-17(26)28)16(27)25(2)13-4-3-11(19)7-12(13)20/h3-7,14H,8H2,1-2H3/t14-/m0/s1. The fraction of sp³-hybridized carbons (Fsp3) is 0.278. The molecule has 29 heavy (non-hydrogen) atoms. The number of rotatable bonds is 3. The number of hydrogen-bond acceptors (Lipinski definition) is 4. The number of halogens is 5. The van der Waals surface area contributed by atoms with Crippen LogP contribution in [0.3, 0.4) is 0 Å². The van der Waals surface area contributed by atoms with Gasteiger partial charge in [-0.05, 0) is 37.3 Å². The zero-order chi connectivity index (χ0) is 21.5. The number of aromatic nitrogens is 1. The van der Waals surface area contributed by atoms with Crippen molar-refractivity contribution in [2.24, 2.45) is 0 Å². The van der Waals surface area contributed by atoms with E-state index in [0.29, 0.717) is 6.07 Å². The number of benzene rings is 1. The second-order valence-corrected chi connectivity index (χ2v) is 6.75. The Labute approximate surface area is 167 Å². The molecule has 2 amide bonds. The predicted molar refractivity (Wildman–Crippen MR) is 96.4 cm³/mol. The Hall–Kier alpha value is -2.88. The number of alkyl halides is 3. The van der Waals surface area contributed by atoms with Crippen molar-refractivity contribution >= 4 is 35.1 Å². The van der Waals surface area contributed by atoms with E-state index in [1.54, 1.807) is 0 Å². The molecule has 154 valence electrons. The normalized spacial score (nSPS) is 16.7. The predicted octanol–water partition coefficient (Wildman–Crippen LogP) is 4.19. The van der Waals surface area contributed by atoms with E-state index in [1.807, 2.05) is 0 Å². The Morgan fingerprint density at radius 3 is 2.62 bits per heavy atom. The van der Waals surface area contributed by atoms with Crippen molar-refractivity contribution in [1.29, 1.82) is 0 Å². The minimum Gasteiger partial charge on any atom is -0.446 e. The Balaban J connectivity index is 1.97. The monoisotopic (exact) mass is 431 g/mol. The van der Waals surface area contributed by atoms with Crippen molar-refractivity contribution in [3.8, 4) is 0 Å². The van der Waals surface area contributed by atoms with Crippen LogP contribution in [0, 0.1) is 12.7 Å². The third-order valence-corrected chi connectivity index (χ3v) is 4.51. The molecule has 1 aromatic carbocycles. The summed E-state index contributed by atoms with van der Waals surface area (Å²) >= 11 is 5.70. The second kappa shape index (κ2) is 7.51. The molecule has 3 rings (SSSR count). The number of hydrogen-bond donors (Lipinski definition) is 0. The third-order valence-electron chi connectivity index (χ3n) is 4.27. The maximum absolute atomic E-state index is 14.2. The number of ether oxygens (including phenoxy) is 1. The van der Waals surface area contributed by atoms with Gasteiger partial charge < -0.3 is 9.64 Å². The van der Waals surface area contributed by atoms with Crippen LogP contribution in [0.4, 0.5) is 33.9 Å². The van der Waals surface area contributed by atoms with E-state index < -0.39 is 42.2 Å². The summed E-state index contributed by atoms with van der Waals surface area (Å²) in [4.78, 5) is 30.6. The molecule has 0 aliphatic carbocycles. The van der Waals surface area contributed by atoms with Gasteiger partial charge in [-0.3, -0.25) is 4.79 Å². The van der Waals surface area contributed by atoms with Crippen molar-refractivity contribution in [1.82, 2.24) is 4.98 Å². The molecule has 1 aliphatic rings. The van der Waals surface area contributed by atoms with Crippen LogP contribution >= 0.6 is 11.6 Å². The molecule has 1 saturated heterocycles. The Morgan fingerprint density at radius 1 is 1.31 bits per heavy atom. The highest BCUT2D eigenvalue weighted by atomic mass is 35.5. The summed E-state index contributed by atoms with van der Waals surface area (Å²) in [5.41, 5.74) is -1.15. The number of anilines is 2. The first-order chi connectivity index (χ1) is 13.5. The number of cyclic esters (lactones) is 1. The molecule has 0 unspecified atom stereocenters. The summed E-state index contributed by atoms with van der Waals surface area (Å²) in [6.45, 7) is 0.903. The minimum absolute atomic E-state index is 0.00201. The molecule has 6 nitrogen and oxygen atoms in total. The van der Waals surface area contributed by atoms with Crippen LogP contribution in [0.2, 0.25) is 5.02 Å². The highest BCUT2D eigenvalue weighted by Gasteiger charge is 2.43. The van der Waals surface area contributed by atoms with E-state index in [1.165, 1.54) is 26.1 Å². The van der Waals surface area contributed by atoms with E-state index in [0.717, 1.165) is 21.9 Å². The molecule has 2 aromatic rings. The third kappa shape index (κ3) is 4.12. The van der Waals surface area contributed by atoms with Gasteiger partial charge in [0.15, 0.2) is 6.04 Å². The van der Waals surface area contributed by atoms with Crippen LogP contribution in [0.25, 0.3) is 0 Å². The van der Waals surface area contributed by atoms with Crippen LogP contribution in [0.1, 0.15) is 11.3 Å². The highest BCUT2D eigenvalue weighted by Crippen LogP contribution is 2.33. The number of amides is 2. The van der Waals surface area contributed by atoms with Crippen molar-refractivity contribution in [2.75, 3.05) is 23.5 Å².